The molecule has 0 aromatic heterocycles. The molecule has 0 aliphatic carbocycles. The van der Waals surface area contributed by atoms with Gasteiger partial charge in [-0.05, 0) is 24.1 Å². The molecule has 0 aliphatic heterocycles. The first-order chi connectivity index (χ1) is 8.86. The van der Waals surface area contributed by atoms with Crippen molar-refractivity contribution in [3.8, 4) is 0 Å². The number of carbonyl (C=O) groups is 2. The zero-order valence-electron chi connectivity index (χ0n) is 11.1. The van der Waals surface area contributed by atoms with E-state index in [9.17, 15) is 9.59 Å². The number of carbonyl (C=O) groups excluding carboxylic acids is 2. The summed E-state index contributed by atoms with van der Waals surface area (Å²) in [5.41, 5.74) is 6.38. The average Bonchev–Trinajstić information content (AvgIpc) is 2.39. The Morgan fingerprint density at radius 1 is 1.37 bits per heavy atom. The third kappa shape index (κ3) is 3.94. The zero-order valence-corrected chi connectivity index (χ0v) is 11.8. The van der Waals surface area contributed by atoms with Crippen LogP contribution in [0, 0.1) is 5.92 Å². The molecule has 5 nitrogen and oxygen atoms in total. The molecule has 1 unspecified atom stereocenters. The van der Waals surface area contributed by atoms with Crippen LogP contribution < -0.4 is 11.1 Å². The van der Waals surface area contributed by atoms with Crippen LogP contribution in [0.2, 0.25) is 5.02 Å². The molecule has 0 fully saturated rings. The van der Waals surface area contributed by atoms with Crippen molar-refractivity contribution in [3.63, 3.8) is 0 Å². The summed E-state index contributed by atoms with van der Waals surface area (Å²) in [6, 6.07) is 3.85. The summed E-state index contributed by atoms with van der Waals surface area (Å²) in [5.74, 6) is -0.846. The lowest BCUT2D eigenvalue weighted by Gasteiger charge is -2.16. The Labute approximate surface area is 117 Å². The van der Waals surface area contributed by atoms with Gasteiger partial charge in [-0.2, -0.15) is 0 Å². The van der Waals surface area contributed by atoms with Gasteiger partial charge < -0.3 is 15.8 Å². The molecule has 19 heavy (non-hydrogen) atoms. The van der Waals surface area contributed by atoms with Crippen LogP contribution in [0.3, 0.4) is 0 Å². The number of esters is 1. The third-order valence-corrected chi connectivity index (χ3v) is 3.00. The molecule has 104 valence electrons. The van der Waals surface area contributed by atoms with Gasteiger partial charge in [-0.3, -0.25) is 4.79 Å². The van der Waals surface area contributed by atoms with Crippen molar-refractivity contribution >= 4 is 29.2 Å². The largest absolute Gasteiger partial charge is 0.465 e. The molecule has 1 aromatic rings. The molecule has 1 rings (SSSR count). The zero-order chi connectivity index (χ0) is 14.6. The minimum Gasteiger partial charge on any atom is -0.465 e. The van der Waals surface area contributed by atoms with Crippen molar-refractivity contribution < 1.29 is 14.3 Å². The quantitative estimate of drug-likeness (QED) is 0.829. The highest BCUT2D eigenvalue weighted by atomic mass is 35.5. The lowest BCUT2D eigenvalue weighted by molar-refractivity contribution is -0.118. The van der Waals surface area contributed by atoms with Crippen molar-refractivity contribution in [1.82, 2.24) is 0 Å². The van der Waals surface area contributed by atoms with Gasteiger partial charge in [0.1, 0.15) is 0 Å². The van der Waals surface area contributed by atoms with Crippen molar-refractivity contribution in [2.45, 2.75) is 19.9 Å². The lowest BCUT2D eigenvalue weighted by Crippen LogP contribution is -2.39. The van der Waals surface area contributed by atoms with Crippen molar-refractivity contribution in [2.75, 3.05) is 12.4 Å². The summed E-state index contributed by atoms with van der Waals surface area (Å²) in [4.78, 5) is 23.2. The summed E-state index contributed by atoms with van der Waals surface area (Å²) in [7, 11) is 1.28. The summed E-state index contributed by atoms with van der Waals surface area (Å²) >= 11 is 5.96. The molecule has 1 amide bonds. The van der Waals surface area contributed by atoms with E-state index in [1.54, 1.807) is 0 Å². The highest BCUT2D eigenvalue weighted by Gasteiger charge is 2.19. The van der Waals surface area contributed by atoms with E-state index in [0.29, 0.717) is 16.3 Å². The van der Waals surface area contributed by atoms with E-state index in [4.69, 9.17) is 17.3 Å². The van der Waals surface area contributed by atoms with Gasteiger partial charge in [0, 0.05) is 0 Å². The van der Waals surface area contributed by atoms with Gasteiger partial charge in [-0.1, -0.05) is 25.4 Å². The number of nitrogens with two attached hydrogens (primary N) is 1. The predicted molar refractivity (Wildman–Crippen MR) is 74.2 cm³/mol. The third-order valence-electron chi connectivity index (χ3n) is 2.67. The maximum Gasteiger partial charge on any atom is 0.337 e. The number of rotatable bonds is 4. The van der Waals surface area contributed by atoms with Crippen LogP contribution in [-0.4, -0.2) is 25.0 Å². The molecule has 1 aromatic carbocycles. The van der Waals surface area contributed by atoms with E-state index in [2.05, 4.69) is 10.1 Å². The van der Waals surface area contributed by atoms with Crippen LogP contribution in [0.4, 0.5) is 5.69 Å². The first kappa shape index (κ1) is 15.5. The predicted octanol–water partition coefficient (Wildman–Crippen LogP) is 2.05. The molecule has 1 atom stereocenters. The van der Waals surface area contributed by atoms with Gasteiger partial charge >= 0.3 is 5.97 Å². The molecule has 6 heteroatoms. The topological polar surface area (TPSA) is 81.4 Å². The van der Waals surface area contributed by atoms with Gasteiger partial charge in [0.05, 0.1) is 29.4 Å². The molecule has 3 N–H and O–H groups in total. The second-order valence-electron chi connectivity index (χ2n) is 4.45. The van der Waals surface area contributed by atoms with E-state index in [1.807, 2.05) is 13.8 Å². The minimum atomic E-state index is -0.641. The molecule has 0 saturated carbocycles. The fourth-order valence-electron chi connectivity index (χ4n) is 1.38. The van der Waals surface area contributed by atoms with Gasteiger partial charge in [0.15, 0.2) is 0 Å². The number of halogens is 1. The molecular weight excluding hydrogens is 268 g/mol. The van der Waals surface area contributed by atoms with Crippen LogP contribution in [0.25, 0.3) is 0 Å². The minimum absolute atomic E-state index is 0.00238. The van der Waals surface area contributed by atoms with Crippen LogP contribution in [0.15, 0.2) is 18.2 Å². The molecule has 0 spiro atoms. The van der Waals surface area contributed by atoms with E-state index in [1.165, 1.54) is 25.3 Å². The number of anilines is 1. The second-order valence-corrected chi connectivity index (χ2v) is 4.85. The smallest absolute Gasteiger partial charge is 0.337 e. The van der Waals surface area contributed by atoms with Gasteiger partial charge in [-0.15, -0.1) is 0 Å². The standard InChI is InChI=1S/C13H17ClN2O3/c1-7(2)11(15)12(17)16-10-6-8(13(18)19-3)4-5-9(10)14/h4-7,11H,15H2,1-3H3,(H,16,17). The maximum absolute atomic E-state index is 11.8. The first-order valence-electron chi connectivity index (χ1n) is 5.81. The Hall–Kier alpha value is -1.59. The molecule has 0 radical (unpaired) electrons. The number of ether oxygens (including phenoxy) is 1. The van der Waals surface area contributed by atoms with Crippen molar-refractivity contribution in [3.05, 3.63) is 28.8 Å². The van der Waals surface area contributed by atoms with E-state index in [0.717, 1.165) is 0 Å². The normalized spacial score (nSPS) is 12.1. The highest BCUT2D eigenvalue weighted by molar-refractivity contribution is 6.33. The van der Waals surface area contributed by atoms with Crippen LogP contribution >= 0.6 is 11.6 Å². The van der Waals surface area contributed by atoms with Crippen LogP contribution in [-0.2, 0) is 9.53 Å². The molecule has 0 aliphatic rings. The van der Waals surface area contributed by atoms with E-state index < -0.39 is 12.0 Å². The monoisotopic (exact) mass is 284 g/mol. The van der Waals surface area contributed by atoms with Crippen LogP contribution in [0.1, 0.15) is 24.2 Å². The van der Waals surface area contributed by atoms with Crippen LogP contribution in [0.5, 0.6) is 0 Å². The Kier molecular flexibility index (Phi) is 5.32. The Balaban J connectivity index is 2.94. The fourth-order valence-corrected chi connectivity index (χ4v) is 1.55. The number of hydrogen-bond acceptors (Lipinski definition) is 4. The first-order valence-corrected chi connectivity index (χ1v) is 6.19. The molecule has 0 heterocycles. The fraction of sp³-hybridized carbons (Fsp3) is 0.385. The average molecular weight is 285 g/mol. The van der Waals surface area contributed by atoms with Gasteiger partial charge in [-0.25, -0.2) is 4.79 Å². The molecule has 0 saturated heterocycles. The van der Waals surface area contributed by atoms with Crippen molar-refractivity contribution in [2.24, 2.45) is 11.7 Å². The number of benzene rings is 1. The lowest BCUT2D eigenvalue weighted by atomic mass is 10.0. The number of hydrogen-bond donors (Lipinski definition) is 2. The van der Waals surface area contributed by atoms with Crippen molar-refractivity contribution in [1.29, 1.82) is 0 Å². The maximum atomic E-state index is 11.8. The molecular formula is C13H17ClN2O3. The highest BCUT2D eigenvalue weighted by Crippen LogP contribution is 2.23. The van der Waals surface area contributed by atoms with E-state index >= 15 is 0 Å². The molecule has 0 bridgehead atoms. The Bertz CT molecular complexity index is 489. The Morgan fingerprint density at radius 2 is 2.00 bits per heavy atom. The SMILES string of the molecule is COC(=O)c1ccc(Cl)c(NC(=O)C(N)C(C)C)c1. The van der Waals surface area contributed by atoms with Gasteiger partial charge in [0.2, 0.25) is 5.91 Å². The summed E-state index contributed by atoms with van der Waals surface area (Å²) in [5, 5.41) is 2.94. The number of amides is 1. The summed E-state index contributed by atoms with van der Waals surface area (Å²) < 4.78 is 4.60. The summed E-state index contributed by atoms with van der Waals surface area (Å²) in [6.45, 7) is 3.69. The second kappa shape index (κ2) is 6.54. The summed E-state index contributed by atoms with van der Waals surface area (Å²) in [6.07, 6.45) is 0. The Morgan fingerprint density at radius 3 is 2.53 bits per heavy atom. The van der Waals surface area contributed by atoms with Gasteiger partial charge in [0.25, 0.3) is 0 Å². The number of methoxy groups -OCH3 is 1. The van der Waals surface area contributed by atoms with E-state index in [-0.39, 0.29) is 11.8 Å². The number of nitrogens with one attached hydrogen (secondary N) is 1.